The highest BCUT2D eigenvalue weighted by atomic mass is 19.1. The van der Waals surface area contributed by atoms with Crippen molar-refractivity contribution in [3.63, 3.8) is 0 Å². The number of halogens is 1. The highest BCUT2D eigenvalue weighted by Crippen LogP contribution is 2.09. The molecule has 1 heterocycles. The van der Waals surface area contributed by atoms with Crippen LogP contribution in [0.2, 0.25) is 0 Å². The number of benzene rings is 1. The minimum absolute atomic E-state index is 0.226. The second-order valence-corrected chi connectivity index (χ2v) is 5.77. The number of carbonyl (C=O) groups is 1. The maximum absolute atomic E-state index is 13.6. The van der Waals surface area contributed by atoms with Gasteiger partial charge in [-0.3, -0.25) is 4.79 Å². The molecule has 0 spiro atoms. The van der Waals surface area contributed by atoms with Gasteiger partial charge >= 0.3 is 0 Å². The van der Waals surface area contributed by atoms with Gasteiger partial charge in [-0.05, 0) is 44.4 Å². The van der Waals surface area contributed by atoms with Gasteiger partial charge in [0, 0.05) is 18.3 Å². The summed E-state index contributed by atoms with van der Waals surface area (Å²) in [7, 11) is 0. The van der Waals surface area contributed by atoms with E-state index in [0.717, 1.165) is 12.1 Å². The first-order chi connectivity index (χ1) is 11.5. The summed E-state index contributed by atoms with van der Waals surface area (Å²) in [5, 5.41) is 5.94. The predicted octanol–water partition coefficient (Wildman–Crippen LogP) is 3.11. The molecule has 0 bridgehead atoms. The highest BCUT2D eigenvalue weighted by molar-refractivity contribution is 5.92. The summed E-state index contributed by atoms with van der Waals surface area (Å²) in [6.07, 6.45) is 1.36. The zero-order valence-electron chi connectivity index (χ0n) is 14.3. The summed E-state index contributed by atoms with van der Waals surface area (Å²) in [5.74, 6) is -0.0997. The van der Waals surface area contributed by atoms with Gasteiger partial charge in [0.15, 0.2) is 0 Å². The number of anilines is 1. The molecule has 6 heteroatoms. The summed E-state index contributed by atoms with van der Waals surface area (Å²) in [5.41, 5.74) is 1.60. The minimum Gasteiger partial charge on any atom is -0.352 e. The SMILES string of the molecule is CCC(C)Nc1nc(C)cc(C(=O)NCCc2ccccc2F)n1. The topological polar surface area (TPSA) is 66.9 Å². The van der Waals surface area contributed by atoms with E-state index in [2.05, 4.69) is 27.5 Å². The number of hydrogen-bond acceptors (Lipinski definition) is 4. The molecule has 2 N–H and O–H groups in total. The van der Waals surface area contributed by atoms with Gasteiger partial charge in [0.05, 0.1) is 0 Å². The summed E-state index contributed by atoms with van der Waals surface area (Å²) in [4.78, 5) is 20.8. The average Bonchev–Trinajstić information content (AvgIpc) is 2.55. The molecular weight excluding hydrogens is 307 g/mol. The van der Waals surface area contributed by atoms with Crippen molar-refractivity contribution in [2.24, 2.45) is 0 Å². The molecule has 1 amide bonds. The van der Waals surface area contributed by atoms with Crippen molar-refractivity contribution < 1.29 is 9.18 Å². The van der Waals surface area contributed by atoms with E-state index in [4.69, 9.17) is 0 Å². The molecule has 0 fully saturated rings. The lowest BCUT2D eigenvalue weighted by molar-refractivity contribution is 0.0949. The number of hydrogen-bond donors (Lipinski definition) is 2. The number of aromatic nitrogens is 2. The van der Waals surface area contributed by atoms with E-state index in [1.807, 2.05) is 13.8 Å². The average molecular weight is 330 g/mol. The van der Waals surface area contributed by atoms with Crippen molar-refractivity contribution in [2.75, 3.05) is 11.9 Å². The Labute approximate surface area is 141 Å². The first kappa shape index (κ1) is 17.8. The smallest absolute Gasteiger partial charge is 0.270 e. The molecule has 24 heavy (non-hydrogen) atoms. The Morgan fingerprint density at radius 1 is 1.29 bits per heavy atom. The Bertz CT molecular complexity index is 705. The van der Waals surface area contributed by atoms with Crippen molar-refractivity contribution in [2.45, 2.75) is 39.7 Å². The maximum atomic E-state index is 13.6. The van der Waals surface area contributed by atoms with Crippen molar-refractivity contribution in [1.29, 1.82) is 0 Å². The Morgan fingerprint density at radius 3 is 2.75 bits per heavy atom. The number of amides is 1. The predicted molar refractivity (Wildman–Crippen MR) is 92.6 cm³/mol. The lowest BCUT2D eigenvalue weighted by Crippen LogP contribution is -2.27. The van der Waals surface area contributed by atoms with Crippen LogP contribution in [0.1, 0.15) is 42.0 Å². The molecule has 1 aromatic carbocycles. The second-order valence-electron chi connectivity index (χ2n) is 5.77. The van der Waals surface area contributed by atoms with Crippen LogP contribution in [0.15, 0.2) is 30.3 Å². The molecule has 2 aromatic rings. The van der Waals surface area contributed by atoms with Gasteiger partial charge in [-0.2, -0.15) is 0 Å². The van der Waals surface area contributed by atoms with E-state index in [-0.39, 0.29) is 17.8 Å². The van der Waals surface area contributed by atoms with E-state index in [9.17, 15) is 9.18 Å². The number of nitrogens with zero attached hydrogens (tertiary/aromatic N) is 2. The molecule has 1 atom stereocenters. The molecule has 0 aliphatic carbocycles. The summed E-state index contributed by atoms with van der Waals surface area (Å²) >= 11 is 0. The number of carbonyl (C=O) groups excluding carboxylic acids is 1. The highest BCUT2D eigenvalue weighted by Gasteiger charge is 2.11. The Hall–Kier alpha value is -2.50. The van der Waals surface area contributed by atoms with Crippen LogP contribution in [-0.2, 0) is 6.42 Å². The van der Waals surface area contributed by atoms with Gasteiger partial charge in [-0.25, -0.2) is 14.4 Å². The molecule has 0 saturated heterocycles. The summed E-state index contributed by atoms with van der Waals surface area (Å²) in [6, 6.07) is 8.42. The monoisotopic (exact) mass is 330 g/mol. The molecule has 0 aliphatic rings. The quantitative estimate of drug-likeness (QED) is 0.818. The maximum Gasteiger partial charge on any atom is 0.270 e. The van der Waals surface area contributed by atoms with Gasteiger partial charge in [0.25, 0.3) is 5.91 Å². The first-order valence-corrected chi connectivity index (χ1v) is 8.13. The zero-order valence-corrected chi connectivity index (χ0v) is 14.3. The molecule has 128 valence electrons. The van der Waals surface area contributed by atoms with Crippen molar-refractivity contribution in [3.05, 3.63) is 53.1 Å². The Balaban J connectivity index is 1.98. The van der Waals surface area contributed by atoms with Crippen LogP contribution in [0.3, 0.4) is 0 Å². The molecule has 0 aliphatic heterocycles. The molecule has 2 rings (SSSR count). The largest absolute Gasteiger partial charge is 0.352 e. The molecule has 1 unspecified atom stereocenters. The molecule has 5 nitrogen and oxygen atoms in total. The molecular formula is C18H23FN4O. The summed E-state index contributed by atoms with van der Waals surface area (Å²) in [6.45, 7) is 6.25. The van der Waals surface area contributed by atoms with Crippen LogP contribution >= 0.6 is 0 Å². The fraction of sp³-hybridized carbons (Fsp3) is 0.389. The van der Waals surface area contributed by atoms with Crippen molar-refractivity contribution in [1.82, 2.24) is 15.3 Å². The van der Waals surface area contributed by atoms with Crippen molar-refractivity contribution in [3.8, 4) is 0 Å². The first-order valence-electron chi connectivity index (χ1n) is 8.13. The van der Waals surface area contributed by atoms with E-state index in [0.29, 0.717) is 30.2 Å². The van der Waals surface area contributed by atoms with Gasteiger partial charge in [-0.15, -0.1) is 0 Å². The zero-order chi connectivity index (χ0) is 17.5. The van der Waals surface area contributed by atoms with Crippen molar-refractivity contribution >= 4 is 11.9 Å². The standard InChI is InChI=1S/C18H23FN4O/c1-4-12(2)21-18-22-13(3)11-16(23-18)17(24)20-10-9-14-7-5-6-8-15(14)19/h5-8,11-12H,4,9-10H2,1-3H3,(H,20,24)(H,21,22,23). The normalized spacial score (nSPS) is 11.8. The van der Waals surface area contributed by atoms with E-state index in [1.165, 1.54) is 6.07 Å². The fourth-order valence-corrected chi connectivity index (χ4v) is 2.17. The van der Waals surface area contributed by atoms with Gasteiger partial charge in [-0.1, -0.05) is 25.1 Å². The third kappa shape index (κ3) is 5.01. The van der Waals surface area contributed by atoms with Crippen LogP contribution in [0.5, 0.6) is 0 Å². The second kappa shape index (κ2) is 8.38. The minimum atomic E-state index is -0.288. The Kier molecular flexibility index (Phi) is 6.23. The van der Waals surface area contributed by atoms with Crippen LogP contribution < -0.4 is 10.6 Å². The number of aryl methyl sites for hydroxylation is 1. The van der Waals surface area contributed by atoms with E-state index >= 15 is 0 Å². The van der Waals surface area contributed by atoms with Crippen LogP contribution in [0.25, 0.3) is 0 Å². The number of rotatable bonds is 7. The van der Waals surface area contributed by atoms with Gasteiger partial charge in [0.1, 0.15) is 11.5 Å². The van der Waals surface area contributed by atoms with Crippen LogP contribution in [0, 0.1) is 12.7 Å². The summed E-state index contributed by atoms with van der Waals surface area (Å²) < 4.78 is 13.6. The lowest BCUT2D eigenvalue weighted by Gasteiger charge is -2.13. The lowest BCUT2D eigenvalue weighted by atomic mass is 10.1. The van der Waals surface area contributed by atoms with Gasteiger partial charge in [0.2, 0.25) is 5.95 Å². The van der Waals surface area contributed by atoms with Crippen LogP contribution in [-0.4, -0.2) is 28.5 Å². The van der Waals surface area contributed by atoms with E-state index in [1.54, 1.807) is 24.3 Å². The fourth-order valence-electron chi connectivity index (χ4n) is 2.17. The molecule has 1 aromatic heterocycles. The van der Waals surface area contributed by atoms with Gasteiger partial charge < -0.3 is 10.6 Å². The number of nitrogens with one attached hydrogen (secondary N) is 2. The molecule has 0 radical (unpaired) electrons. The third-order valence-corrected chi connectivity index (χ3v) is 3.71. The van der Waals surface area contributed by atoms with E-state index < -0.39 is 0 Å². The molecule has 0 saturated carbocycles. The van der Waals surface area contributed by atoms with Crippen LogP contribution in [0.4, 0.5) is 10.3 Å². The Morgan fingerprint density at radius 2 is 2.04 bits per heavy atom. The third-order valence-electron chi connectivity index (χ3n) is 3.71.